The standard InChI is InChI=1S/C18H21N3O2S/c22-24(23,18-6-3-9-19-12-18)21-11-8-17(14-21)20-10-7-15-4-1-2-5-16(15)13-20/h1-6,9,12,17H,7-8,10-11,13-14H2/t17-/m0/s1. The smallest absolute Gasteiger partial charge is 0.244 e. The van der Waals surface area contributed by atoms with E-state index in [4.69, 9.17) is 0 Å². The van der Waals surface area contributed by atoms with Gasteiger partial charge < -0.3 is 0 Å². The van der Waals surface area contributed by atoms with Gasteiger partial charge >= 0.3 is 0 Å². The molecular weight excluding hydrogens is 322 g/mol. The number of aromatic nitrogens is 1. The highest BCUT2D eigenvalue weighted by Crippen LogP contribution is 2.27. The molecule has 1 aromatic carbocycles. The van der Waals surface area contributed by atoms with Crippen LogP contribution in [0.3, 0.4) is 0 Å². The van der Waals surface area contributed by atoms with Crippen molar-refractivity contribution in [3.8, 4) is 0 Å². The lowest BCUT2D eigenvalue weighted by Crippen LogP contribution is -2.41. The Kier molecular flexibility index (Phi) is 4.12. The van der Waals surface area contributed by atoms with E-state index in [-0.39, 0.29) is 4.90 Å². The van der Waals surface area contributed by atoms with E-state index < -0.39 is 10.0 Å². The third-order valence-electron chi connectivity index (χ3n) is 5.07. The Morgan fingerprint density at radius 3 is 2.67 bits per heavy atom. The molecule has 0 amide bonds. The van der Waals surface area contributed by atoms with Crippen molar-refractivity contribution in [1.29, 1.82) is 0 Å². The predicted molar refractivity (Wildman–Crippen MR) is 92.0 cm³/mol. The van der Waals surface area contributed by atoms with Crippen LogP contribution in [-0.2, 0) is 23.0 Å². The highest BCUT2D eigenvalue weighted by atomic mass is 32.2. The van der Waals surface area contributed by atoms with Gasteiger partial charge in [0.05, 0.1) is 0 Å². The molecule has 24 heavy (non-hydrogen) atoms. The van der Waals surface area contributed by atoms with E-state index in [0.717, 1.165) is 25.9 Å². The Morgan fingerprint density at radius 1 is 1.04 bits per heavy atom. The third-order valence-corrected chi connectivity index (χ3v) is 6.92. The van der Waals surface area contributed by atoms with Crippen LogP contribution in [0.4, 0.5) is 0 Å². The first-order valence-electron chi connectivity index (χ1n) is 8.35. The van der Waals surface area contributed by atoms with Crippen LogP contribution in [-0.4, -0.2) is 48.3 Å². The second-order valence-electron chi connectivity index (χ2n) is 6.48. The monoisotopic (exact) mass is 343 g/mol. The van der Waals surface area contributed by atoms with Crippen molar-refractivity contribution in [2.24, 2.45) is 0 Å². The lowest BCUT2D eigenvalue weighted by molar-refractivity contribution is 0.185. The van der Waals surface area contributed by atoms with E-state index in [1.165, 1.54) is 17.3 Å². The SMILES string of the molecule is O=S(=O)(c1cccnc1)N1CC[C@H](N2CCc3ccccc3C2)C1. The average Bonchev–Trinajstić information content (AvgIpc) is 3.13. The molecule has 1 fully saturated rings. The summed E-state index contributed by atoms with van der Waals surface area (Å²) in [5.41, 5.74) is 2.80. The zero-order chi connectivity index (χ0) is 16.6. The van der Waals surface area contributed by atoms with Crippen molar-refractivity contribution in [2.75, 3.05) is 19.6 Å². The summed E-state index contributed by atoms with van der Waals surface area (Å²) in [6.07, 6.45) is 4.96. The first-order chi connectivity index (χ1) is 11.6. The van der Waals surface area contributed by atoms with Gasteiger partial charge in [0.1, 0.15) is 4.90 Å². The van der Waals surface area contributed by atoms with Gasteiger partial charge in [0.15, 0.2) is 0 Å². The van der Waals surface area contributed by atoms with Crippen molar-refractivity contribution in [3.63, 3.8) is 0 Å². The molecule has 3 heterocycles. The molecule has 5 nitrogen and oxygen atoms in total. The highest BCUT2D eigenvalue weighted by molar-refractivity contribution is 7.89. The zero-order valence-electron chi connectivity index (χ0n) is 13.5. The van der Waals surface area contributed by atoms with Crippen molar-refractivity contribution < 1.29 is 8.42 Å². The Bertz CT molecular complexity index is 823. The van der Waals surface area contributed by atoms with Gasteiger partial charge in [0.2, 0.25) is 10.0 Å². The molecule has 6 heteroatoms. The van der Waals surface area contributed by atoms with Gasteiger partial charge in [-0.2, -0.15) is 4.31 Å². The summed E-state index contributed by atoms with van der Waals surface area (Å²) in [7, 11) is -3.43. The summed E-state index contributed by atoms with van der Waals surface area (Å²) in [4.78, 5) is 6.66. The highest BCUT2D eigenvalue weighted by Gasteiger charge is 2.36. The van der Waals surface area contributed by atoms with Crippen molar-refractivity contribution >= 4 is 10.0 Å². The van der Waals surface area contributed by atoms with Crippen LogP contribution in [0.5, 0.6) is 0 Å². The van der Waals surface area contributed by atoms with Crippen LogP contribution in [0.25, 0.3) is 0 Å². The van der Waals surface area contributed by atoms with Crippen LogP contribution in [0.1, 0.15) is 17.5 Å². The lowest BCUT2D eigenvalue weighted by Gasteiger charge is -2.33. The number of hydrogen-bond acceptors (Lipinski definition) is 4. The summed E-state index contributed by atoms with van der Waals surface area (Å²) in [6.45, 7) is 3.07. The normalized spacial score (nSPS) is 22.4. The molecule has 0 N–H and O–H groups in total. The van der Waals surface area contributed by atoms with E-state index in [1.54, 1.807) is 22.6 Å². The summed E-state index contributed by atoms with van der Waals surface area (Å²) in [6, 6.07) is 12.1. The molecule has 1 atom stereocenters. The first kappa shape index (κ1) is 15.7. The minimum Gasteiger partial charge on any atom is -0.294 e. The summed E-state index contributed by atoms with van der Waals surface area (Å²) < 4.78 is 27.1. The van der Waals surface area contributed by atoms with Gasteiger partial charge in [-0.15, -0.1) is 0 Å². The van der Waals surface area contributed by atoms with Gasteiger partial charge in [-0.25, -0.2) is 8.42 Å². The summed E-state index contributed by atoms with van der Waals surface area (Å²) in [5.74, 6) is 0. The molecule has 2 aromatic rings. The van der Waals surface area contributed by atoms with E-state index in [9.17, 15) is 8.42 Å². The number of pyridine rings is 1. The summed E-state index contributed by atoms with van der Waals surface area (Å²) >= 11 is 0. The van der Waals surface area contributed by atoms with Gasteiger partial charge in [-0.1, -0.05) is 24.3 Å². The van der Waals surface area contributed by atoms with Gasteiger partial charge in [0.25, 0.3) is 0 Å². The average molecular weight is 343 g/mol. The molecule has 0 spiro atoms. The Balaban J connectivity index is 1.48. The molecule has 0 unspecified atom stereocenters. The van der Waals surface area contributed by atoms with Crippen molar-refractivity contribution in [1.82, 2.24) is 14.2 Å². The van der Waals surface area contributed by atoms with E-state index in [0.29, 0.717) is 19.1 Å². The minimum absolute atomic E-state index is 0.287. The van der Waals surface area contributed by atoms with Gasteiger partial charge in [-0.05, 0) is 36.1 Å². The Hall–Kier alpha value is -1.76. The van der Waals surface area contributed by atoms with Gasteiger partial charge in [-0.3, -0.25) is 9.88 Å². The van der Waals surface area contributed by atoms with E-state index in [2.05, 4.69) is 34.1 Å². The maximum atomic E-state index is 12.7. The van der Waals surface area contributed by atoms with Gasteiger partial charge in [0, 0.05) is 44.6 Å². The number of benzene rings is 1. The fourth-order valence-corrected chi connectivity index (χ4v) is 5.16. The second-order valence-corrected chi connectivity index (χ2v) is 8.42. The Labute approximate surface area is 143 Å². The number of nitrogens with zero attached hydrogens (tertiary/aromatic N) is 3. The number of fused-ring (bicyclic) bond motifs is 1. The molecule has 126 valence electrons. The van der Waals surface area contributed by atoms with Crippen molar-refractivity contribution in [2.45, 2.75) is 30.3 Å². The topological polar surface area (TPSA) is 53.5 Å². The zero-order valence-corrected chi connectivity index (χ0v) is 14.3. The molecule has 0 aliphatic carbocycles. The first-order valence-corrected chi connectivity index (χ1v) is 9.79. The second kappa shape index (κ2) is 6.27. The molecule has 2 aliphatic rings. The molecule has 0 radical (unpaired) electrons. The molecular formula is C18H21N3O2S. The molecule has 2 aliphatic heterocycles. The fraction of sp³-hybridized carbons (Fsp3) is 0.389. The number of rotatable bonds is 3. The molecule has 1 saturated heterocycles. The minimum atomic E-state index is -3.43. The molecule has 0 saturated carbocycles. The maximum absolute atomic E-state index is 12.7. The maximum Gasteiger partial charge on any atom is 0.244 e. The number of sulfonamides is 1. The largest absolute Gasteiger partial charge is 0.294 e. The van der Waals surface area contributed by atoms with Crippen LogP contribution in [0.15, 0.2) is 53.7 Å². The van der Waals surface area contributed by atoms with Crippen LogP contribution < -0.4 is 0 Å². The lowest BCUT2D eigenvalue weighted by atomic mass is 9.98. The quantitative estimate of drug-likeness (QED) is 0.854. The molecule has 4 rings (SSSR count). The third kappa shape index (κ3) is 2.85. The predicted octanol–water partition coefficient (Wildman–Crippen LogP) is 1.90. The number of hydrogen-bond donors (Lipinski definition) is 0. The fourth-order valence-electron chi connectivity index (χ4n) is 3.70. The van der Waals surface area contributed by atoms with Crippen LogP contribution in [0.2, 0.25) is 0 Å². The van der Waals surface area contributed by atoms with Crippen molar-refractivity contribution in [3.05, 3.63) is 59.9 Å². The Morgan fingerprint density at radius 2 is 1.88 bits per heavy atom. The molecule has 0 bridgehead atoms. The van der Waals surface area contributed by atoms with Crippen LogP contribution in [0, 0.1) is 0 Å². The molecule has 1 aromatic heterocycles. The van der Waals surface area contributed by atoms with E-state index >= 15 is 0 Å². The van der Waals surface area contributed by atoms with E-state index in [1.807, 2.05) is 0 Å². The summed E-state index contributed by atoms with van der Waals surface area (Å²) in [5, 5.41) is 0. The van der Waals surface area contributed by atoms with Crippen LogP contribution >= 0.6 is 0 Å².